The lowest BCUT2D eigenvalue weighted by atomic mass is 10.1. The van der Waals surface area contributed by atoms with Crippen molar-refractivity contribution >= 4 is 28.3 Å². The largest absolute Gasteiger partial charge is 0.497 e. The monoisotopic (exact) mass is 375 g/mol. The molecule has 0 bridgehead atoms. The van der Waals surface area contributed by atoms with Crippen LogP contribution in [0.4, 0.5) is 5.13 Å². The van der Waals surface area contributed by atoms with Gasteiger partial charge < -0.3 is 15.0 Å². The Balaban J connectivity index is 2.05. The highest BCUT2D eigenvalue weighted by molar-refractivity contribution is 7.15. The van der Waals surface area contributed by atoms with Crippen molar-refractivity contribution in [3.05, 3.63) is 40.9 Å². The number of thiazole rings is 1. The van der Waals surface area contributed by atoms with Crippen molar-refractivity contribution in [2.45, 2.75) is 33.1 Å². The smallest absolute Gasteiger partial charge is 0.254 e. The molecule has 0 radical (unpaired) electrons. The second-order valence-corrected chi connectivity index (χ2v) is 7.22. The second kappa shape index (κ2) is 9.91. The summed E-state index contributed by atoms with van der Waals surface area (Å²) in [5.41, 5.74) is 0.542. The van der Waals surface area contributed by atoms with Crippen LogP contribution >= 0.6 is 11.3 Å². The third-order valence-corrected chi connectivity index (χ3v) is 4.69. The third-order valence-electron chi connectivity index (χ3n) is 3.86. The number of benzene rings is 1. The maximum Gasteiger partial charge on any atom is 0.254 e. The van der Waals surface area contributed by atoms with Gasteiger partial charge in [0, 0.05) is 23.2 Å². The van der Waals surface area contributed by atoms with Crippen molar-refractivity contribution in [1.82, 2.24) is 9.88 Å². The standard InChI is InChI=1S/C19H25N3O3S/c1-4-5-6-11-22(13-17(23)21-19-20-12-14(2)26-19)18(24)15-7-9-16(25-3)10-8-15/h7-10,12H,4-6,11,13H2,1-3H3,(H,20,21,23). The van der Waals surface area contributed by atoms with E-state index in [0.717, 1.165) is 24.1 Å². The molecule has 1 N–H and O–H groups in total. The number of unbranched alkanes of at least 4 members (excludes halogenated alkanes) is 2. The van der Waals surface area contributed by atoms with Crippen LogP contribution in [0.5, 0.6) is 5.75 Å². The molecule has 2 aromatic rings. The van der Waals surface area contributed by atoms with Crippen LogP contribution in [-0.4, -0.2) is 41.9 Å². The molecule has 1 heterocycles. The fraction of sp³-hybridized carbons (Fsp3) is 0.421. The van der Waals surface area contributed by atoms with Crippen LogP contribution in [-0.2, 0) is 4.79 Å². The van der Waals surface area contributed by atoms with E-state index < -0.39 is 0 Å². The van der Waals surface area contributed by atoms with Crippen molar-refractivity contribution in [1.29, 1.82) is 0 Å². The molecule has 1 aromatic carbocycles. The van der Waals surface area contributed by atoms with Gasteiger partial charge >= 0.3 is 0 Å². The van der Waals surface area contributed by atoms with E-state index in [1.807, 2.05) is 6.92 Å². The fourth-order valence-electron chi connectivity index (χ4n) is 2.47. The number of aromatic nitrogens is 1. The number of anilines is 1. The Labute approximate surface area is 158 Å². The zero-order valence-electron chi connectivity index (χ0n) is 15.4. The minimum Gasteiger partial charge on any atom is -0.497 e. The molecule has 0 atom stereocenters. The second-order valence-electron chi connectivity index (χ2n) is 5.99. The number of carbonyl (C=O) groups excluding carboxylic acids is 2. The van der Waals surface area contributed by atoms with Gasteiger partial charge in [-0.15, -0.1) is 11.3 Å². The van der Waals surface area contributed by atoms with Gasteiger partial charge in [-0.1, -0.05) is 19.8 Å². The fourth-order valence-corrected chi connectivity index (χ4v) is 3.15. The lowest BCUT2D eigenvalue weighted by molar-refractivity contribution is -0.116. The average Bonchev–Trinajstić information content (AvgIpc) is 3.05. The molecule has 1 aromatic heterocycles. The van der Waals surface area contributed by atoms with Gasteiger partial charge in [0.15, 0.2) is 5.13 Å². The zero-order valence-corrected chi connectivity index (χ0v) is 16.3. The number of nitrogens with zero attached hydrogens (tertiary/aromatic N) is 2. The van der Waals surface area contributed by atoms with E-state index in [1.165, 1.54) is 11.3 Å². The van der Waals surface area contributed by atoms with Gasteiger partial charge in [-0.05, 0) is 37.6 Å². The van der Waals surface area contributed by atoms with Gasteiger partial charge in [0.2, 0.25) is 5.91 Å². The number of amides is 2. The number of rotatable bonds is 9. The SMILES string of the molecule is CCCCCN(CC(=O)Nc1ncc(C)s1)C(=O)c1ccc(OC)cc1. The predicted octanol–water partition coefficient (Wildman–Crippen LogP) is 3.73. The molecule has 0 aliphatic carbocycles. The van der Waals surface area contributed by atoms with Crippen LogP contribution in [0.3, 0.4) is 0 Å². The number of hydrogen-bond donors (Lipinski definition) is 1. The van der Waals surface area contributed by atoms with Crippen LogP contribution in [0.1, 0.15) is 41.4 Å². The molecule has 2 amide bonds. The molecule has 0 saturated carbocycles. The van der Waals surface area contributed by atoms with Crippen LogP contribution < -0.4 is 10.1 Å². The summed E-state index contributed by atoms with van der Waals surface area (Å²) >= 11 is 1.41. The quantitative estimate of drug-likeness (QED) is 0.678. The molecule has 26 heavy (non-hydrogen) atoms. The normalized spacial score (nSPS) is 10.4. The summed E-state index contributed by atoms with van der Waals surface area (Å²) in [5.74, 6) is 0.294. The Hall–Kier alpha value is -2.41. The Morgan fingerprint density at radius 2 is 1.96 bits per heavy atom. The molecule has 6 nitrogen and oxygen atoms in total. The highest BCUT2D eigenvalue weighted by Crippen LogP contribution is 2.17. The molecular formula is C19H25N3O3S. The first-order valence-electron chi connectivity index (χ1n) is 8.69. The number of hydrogen-bond acceptors (Lipinski definition) is 5. The number of carbonyl (C=O) groups is 2. The lowest BCUT2D eigenvalue weighted by Crippen LogP contribution is -2.38. The van der Waals surface area contributed by atoms with Crippen molar-refractivity contribution in [2.75, 3.05) is 25.5 Å². The third kappa shape index (κ3) is 5.84. The summed E-state index contributed by atoms with van der Waals surface area (Å²) in [6.45, 7) is 4.58. The molecule has 7 heteroatoms. The Bertz CT molecular complexity index is 728. The van der Waals surface area contributed by atoms with Crippen LogP contribution in [0.15, 0.2) is 30.5 Å². The highest BCUT2D eigenvalue weighted by Gasteiger charge is 2.19. The van der Waals surface area contributed by atoms with Gasteiger partial charge in [0.05, 0.1) is 7.11 Å². The lowest BCUT2D eigenvalue weighted by Gasteiger charge is -2.22. The van der Waals surface area contributed by atoms with E-state index in [0.29, 0.717) is 23.0 Å². The first kappa shape index (κ1) is 19.9. The van der Waals surface area contributed by atoms with Crippen molar-refractivity contribution in [2.24, 2.45) is 0 Å². The first-order valence-corrected chi connectivity index (χ1v) is 9.50. The summed E-state index contributed by atoms with van der Waals surface area (Å²) in [6, 6.07) is 6.93. The van der Waals surface area contributed by atoms with E-state index in [4.69, 9.17) is 4.74 Å². The van der Waals surface area contributed by atoms with Crippen LogP contribution in [0.2, 0.25) is 0 Å². The van der Waals surface area contributed by atoms with E-state index >= 15 is 0 Å². The summed E-state index contributed by atoms with van der Waals surface area (Å²) in [7, 11) is 1.58. The van der Waals surface area contributed by atoms with Crippen molar-refractivity contribution < 1.29 is 14.3 Å². The molecule has 140 valence electrons. The average molecular weight is 375 g/mol. The summed E-state index contributed by atoms with van der Waals surface area (Å²) in [4.78, 5) is 31.9. The van der Waals surface area contributed by atoms with E-state index in [2.05, 4.69) is 17.2 Å². The van der Waals surface area contributed by atoms with Gasteiger partial charge in [-0.3, -0.25) is 9.59 Å². The Morgan fingerprint density at radius 1 is 1.23 bits per heavy atom. The Kier molecular flexibility index (Phi) is 7.59. The molecular weight excluding hydrogens is 350 g/mol. The number of ether oxygens (including phenoxy) is 1. The van der Waals surface area contributed by atoms with Gasteiger partial charge in [-0.2, -0.15) is 0 Å². The number of nitrogens with one attached hydrogen (secondary N) is 1. The van der Waals surface area contributed by atoms with E-state index in [1.54, 1.807) is 42.5 Å². The summed E-state index contributed by atoms with van der Waals surface area (Å²) < 4.78 is 5.13. The van der Waals surface area contributed by atoms with Crippen molar-refractivity contribution in [3.8, 4) is 5.75 Å². The molecule has 0 saturated heterocycles. The number of aryl methyl sites for hydroxylation is 1. The molecule has 0 fully saturated rings. The Morgan fingerprint density at radius 3 is 2.54 bits per heavy atom. The summed E-state index contributed by atoms with van der Waals surface area (Å²) in [6.07, 6.45) is 4.64. The highest BCUT2D eigenvalue weighted by atomic mass is 32.1. The van der Waals surface area contributed by atoms with Crippen LogP contribution in [0, 0.1) is 6.92 Å². The molecule has 2 rings (SSSR count). The topological polar surface area (TPSA) is 71.5 Å². The first-order chi connectivity index (χ1) is 12.5. The molecule has 0 aliphatic rings. The van der Waals surface area contributed by atoms with Crippen LogP contribution in [0.25, 0.3) is 0 Å². The van der Waals surface area contributed by atoms with E-state index in [-0.39, 0.29) is 18.4 Å². The zero-order chi connectivity index (χ0) is 18.9. The van der Waals surface area contributed by atoms with E-state index in [9.17, 15) is 9.59 Å². The van der Waals surface area contributed by atoms with Gasteiger partial charge in [0.25, 0.3) is 5.91 Å². The molecule has 0 unspecified atom stereocenters. The maximum absolute atomic E-state index is 12.8. The van der Waals surface area contributed by atoms with Crippen molar-refractivity contribution in [3.63, 3.8) is 0 Å². The summed E-state index contributed by atoms with van der Waals surface area (Å²) in [5, 5.41) is 3.32. The number of methoxy groups -OCH3 is 1. The predicted molar refractivity (Wildman–Crippen MR) is 104 cm³/mol. The molecule has 0 aliphatic heterocycles. The molecule has 0 spiro atoms. The van der Waals surface area contributed by atoms with Gasteiger partial charge in [0.1, 0.15) is 12.3 Å². The van der Waals surface area contributed by atoms with Gasteiger partial charge in [-0.25, -0.2) is 4.98 Å². The minimum absolute atomic E-state index is 0.00715. The minimum atomic E-state index is -0.238. The maximum atomic E-state index is 12.8.